The van der Waals surface area contributed by atoms with Crippen molar-refractivity contribution in [2.45, 2.75) is 25.4 Å². The summed E-state index contributed by atoms with van der Waals surface area (Å²) in [5.41, 5.74) is 0. The van der Waals surface area contributed by atoms with Crippen LogP contribution < -0.4 is 0 Å². The number of hydrogen-bond acceptors (Lipinski definition) is 3. The van der Waals surface area contributed by atoms with E-state index in [1.807, 2.05) is 0 Å². The predicted octanol–water partition coefficient (Wildman–Crippen LogP) is 1.12. The third-order valence-electron chi connectivity index (χ3n) is 1.73. The van der Waals surface area contributed by atoms with Crippen LogP contribution in [0.15, 0.2) is 0 Å². The summed E-state index contributed by atoms with van der Waals surface area (Å²) in [5.74, 6) is -0.0783. The van der Waals surface area contributed by atoms with E-state index in [4.69, 9.17) is 15.4 Å². The average molecular weight is 199 g/mol. The maximum atomic E-state index is 10.4. The van der Waals surface area contributed by atoms with Crippen molar-refractivity contribution in [3.63, 3.8) is 0 Å². The molecule has 66 valence electrons. The molecule has 1 saturated carbocycles. The SMILES string of the molecule is O=S(=O)(Cl)CCOC1CCC1. The van der Waals surface area contributed by atoms with Gasteiger partial charge in [0.1, 0.15) is 0 Å². The highest BCUT2D eigenvalue weighted by atomic mass is 35.7. The first-order valence-corrected chi connectivity index (χ1v) is 6.10. The van der Waals surface area contributed by atoms with Gasteiger partial charge in [-0.05, 0) is 19.3 Å². The summed E-state index contributed by atoms with van der Waals surface area (Å²) in [6.45, 7) is 0.233. The van der Waals surface area contributed by atoms with E-state index in [0.717, 1.165) is 12.8 Å². The summed E-state index contributed by atoms with van der Waals surface area (Å²) in [5, 5.41) is 0. The molecule has 0 aromatic carbocycles. The number of ether oxygens (including phenoxy) is 1. The molecule has 3 nitrogen and oxygen atoms in total. The lowest BCUT2D eigenvalue weighted by molar-refractivity contribution is 0.0111. The molecule has 5 heteroatoms. The van der Waals surface area contributed by atoms with Gasteiger partial charge in [0.05, 0.1) is 18.5 Å². The molecule has 0 atom stereocenters. The third kappa shape index (κ3) is 3.94. The molecule has 0 aliphatic heterocycles. The van der Waals surface area contributed by atoms with Gasteiger partial charge >= 0.3 is 0 Å². The molecule has 0 N–H and O–H groups in total. The van der Waals surface area contributed by atoms with Crippen LogP contribution in [0.1, 0.15) is 19.3 Å². The van der Waals surface area contributed by atoms with Crippen molar-refractivity contribution in [1.29, 1.82) is 0 Å². The Kier molecular flexibility index (Phi) is 3.16. The quantitative estimate of drug-likeness (QED) is 0.636. The van der Waals surface area contributed by atoms with Crippen LogP contribution in [0.25, 0.3) is 0 Å². The number of rotatable bonds is 4. The van der Waals surface area contributed by atoms with Gasteiger partial charge in [0.25, 0.3) is 0 Å². The summed E-state index contributed by atoms with van der Waals surface area (Å²) in [6, 6.07) is 0. The van der Waals surface area contributed by atoms with Crippen molar-refractivity contribution in [1.82, 2.24) is 0 Å². The van der Waals surface area contributed by atoms with Gasteiger partial charge in [0.15, 0.2) is 0 Å². The molecule has 0 amide bonds. The fourth-order valence-corrected chi connectivity index (χ4v) is 1.34. The minimum atomic E-state index is -3.36. The zero-order valence-electron chi connectivity index (χ0n) is 6.12. The normalized spacial score (nSPS) is 19.7. The van der Waals surface area contributed by atoms with Crippen LogP contribution in [-0.4, -0.2) is 26.9 Å². The zero-order valence-corrected chi connectivity index (χ0v) is 7.70. The molecule has 11 heavy (non-hydrogen) atoms. The first-order chi connectivity index (χ1) is 5.08. The Morgan fingerprint density at radius 1 is 1.45 bits per heavy atom. The van der Waals surface area contributed by atoms with E-state index in [9.17, 15) is 8.42 Å². The van der Waals surface area contributed by atoms with Crippen LogP contribution in [0.4, 0.5) is 0 Å². The Morgan fingerprint density at radius 2 is 2.09 bits per heavy atom. The molecular formula is C6H11ClO3S. The largest absolute Gasteiger partial charge is 0.377 e. The molecule has 0 spiro atoms. The van der Waals surface area contributed by atoms with Crippen LogP contribution in [0.2, 0.25) is 0 Å². The highest BCUT2D eigenvalue weighted by Crippen LogP contribution is 2.21. The van der Waals surface area contributed by atoms with Crippen LogP contribution in [0.5, 0.6) is 0 Å². The van der Waals surface area contributed by atoms with E-state index in [-0.39, 0.29) is 18.5 Å². The Morgan fingerprint density at radius 3 is 2.45 bits per heavy atom. The molecule has 1 fully saturated rings. The van der Waals surface area contributed by atoms with E-state index in [2.05, 4.69) is 0 Å². The van der Waals surface area contributed by atoms with E-state index >= 15 is 0 Å². The number of hydrogen-bond donors (Lipinski definition) is 0. The Labute approximate surface area is 71.1 Å². The molecule has 0 unspecified atom stereocenters. The smallest absolute Gasteiger partial charge is 0.234 e. The Hall–Kier alpha value is 0.200. The second-order valence-corrected chi connectivity index (χ2v) is 5.56. The average Bonchev–Trinajstić information content (AvgIpc) is 1.73. The fraction of sp³-hybridized carbons (Fsp3) is 1.00. The van der Waals surface area contributed by atoms with Crippen LogP contribution in [-0.2, 0) is 13.8 Å². The maximum absolute atomic E-state index is 10.4. The van der Waals surface area contributed by atoms with Gasteiger partial charge in [-0.15, -0.1) is 0 Å². The summed E-state index contributed by atoms with van der Waals surface area (Å²) >= 11 is 0. The van der Waals surface area contributed by atoms with Crippen LogP contribution in [0.3, 0.4) is 0 Å². The standard InChI is InChI=1S/C6H11ClO3S/c7-11(8,9)5-4-10-6-2-1-3-6/h6H,1-5H2. The molecule has 0 bridgehead atoms. The highest BCUT2D eigenvalue weighted by molar-refractivity contribution is 8.13. The van der Waals surface area contributed by atoms with E-state index in [0.29, 0.717) is 0 Å². The zero-order chi connectivity index (χ0) is 8.32. The topological polar surface area (TPSA) is 43.4 Å². The lowest BCUT2D eigenvalue weighted by Crippen LogP contribution is -2.23. The summed E-state index contributed by atoms with van der Waals surface area (Å²) in [7, 11) is 1.61. The second-order valence-electron chi connectivity index (χ2n) is 2.67. The molecule has 1 aliphatic carbocycles. The van der Waals surface area contributed by atoms with E-state index in [1.165, 1.54) is 6.42 Å². The van der Waals surface area contributed by atoms with Gasteiger partial charge in [-0.2, -0.15) is 0 Å². The molecular weight excluding hydrogens is 188 g/mol. The van der Waals surface area contributed by atoms with Crippen molar-refractivity contribution in [3.05, 3.63) is 0 Å². The van der Waals surface area contributed by atoms with Gasteiger partial charge in [0, 0.05) is 10.7 Å². The molecule has 0 aromatic heterocycles. The predicted molar refractivity (Wildman–Crippen MR) is 43.2 cm³/mol. The molecule has 0 aromatic rings. The van der Waals surface area contributed by atoms with Gasteiger partial charge < -0.3 is 4.74 Å². The summed E-state index contributed by atoms with van der Waals surface area (Å²) < 4.78 is 26.0. The fourth-order valence-electron chi connectivity index (χ4n) is 0.852. The molecule has 0 heterocycles. The summed E-state index contributed by atoms with van der Waals surface area (Å²) in [4.78, 5) is 0. The minimum Gasteiger partial charge on any atom is -0.377 e. The molecule has 0 radical (unpaired) electrons. The monoisotopic (exact) mass is 198 g/mol. The molecule has 0 saturated heterocycles. The van der Waals surface area contributed by atoms with Gasteiger partial charge in [-0.25, -0.2) is 8.42 Å². The molecule has 1 rings (SSSR count). The first-order valence-electron chi connectivity index (χ1n) is 3.62. The highest BCUT2D eigenvalue weighted by Gasteiger charge is 2.18. The Bertz CT molecular complexity index is 208. The van der Waals surface area contributed by atoms with Crippen molar-refractivity contribution < 1.29 is 13.2 Å². The van der Waals surface area contributed by atoms with Crippen LogP contribution >= 0.6 is 10.7 Å². The van der Waals surface area contributed by atoms with Gasteiger partial charge in [-0.3, -0.25) is 0 Å². The van der Waals surface area contributed by atoms with Crippen molar-refractivity contribution in [2.24, 2.45) is 0 Å². The molecule has 1 aliphatic rings. The first kappa shape index (κ1) is 9.29. The minimum absolute atomic E-state index is 0.0783. The second kappa shape index (κ2) is 3.74. The van der Waals surface area contributed by atoms with Crippen LogP contribution in [0, 0.1) is 0 Å². The lowest BCUT2D eigenvalue weighted by Gasteiger charge is -2.25. The van der Waals surface area contributed by atoms with Crippen molar-refractivity contribution >= 4 is 19.7 Å². The number of halogens is 1. The maximum Gasteiger partial charge on any atom is 0.234 e. The van der Waals surface area contributed by atoms with Gasteiger partial charge in [-0.1, -0.05) is 0 Å². The van der Waals surface area contributed by atoms with Gasteiger partial charge in [0.2, 0.25) is 9.05 Å². The Balaban J connectivity index is 2.04. The lowest BCUT2D eigenvalue weighted by atomic mass is 9.96. The van der Waals surface area contributed by atoms with Crippen molar-refractivity contribution in [3.8, 4) is 0 Å². The van der Waals surface area contributed by atoms with E-state index in [1.54, 1.807) is 0 Å². The summed E-state index contributed by atoms with van der Waals surface area (Å²) in [6.07, 6.45) is 3.59. The van der Waals surface area contributed by atoms with E-state index < -0.39 is 9.05 Å². The van der Waals surface area contributed by atoms with Crippen molar-refractivity contribution in [2.75, 3.05) is 12.4 Å². The third-order valence-corrected chi connectivity index (χ3v) is 2.85.